The third-order valence-electron chi connectivity index (χ3n) is 8.00. The van der Waals surface area contributed by atoms with Crippen LogP contribution in [0.4, 0.5) is 11.4 Å². The Morgan fingerprint density at radius 2 is 1.37 bits per heavy atom. The largest absolute Gasteiger partial charge is 0.455 e. The van der Waals surface area contributed by atoms with E-state index in [0.29, 0.717) is 5.92 Å². The van der Waals surface area contributed by atoms with Gasteiger partial charge in [0, 0.05) is 46.5 Å². The SMILES string of the molecule is c1ccc2c(-c3ccc(Nc4cc(C5CNC5)c5ccc6c7ccccc7oc6c5c4)cc3)cccc2c1. The van der Waals surface area contributed by atoms with Crippen molar-refractivity contribution in [3.05, 3.63) is 121 Å². The van der Waals surface area contributed by atoms with Crippen LogP contribution >= 0.6 is 0 Å². The van der Waals surface area contributed by atoms with Crippen molar-refractivity contribution < 1.29 is 4.42 Å². The van der Waals surface area contributed by atoms with Crippen LogP contribution in [0.2, 0.25) is 0 Å². The maximum absolute atomic E-state index is 6.41. The molecule has 1 aliphatic heterocycles. The van der Waals surface area contributed by atoms with Crippen molar-refractivity contribution in [3.8, 4) is 11.1 Å². The summed E-state index contributed by atoms with van der Waals surface area (Å²) in [5, 5.41) is 14.5. The molecular weight excluding hydrogens is 464 g/mol. The first-order chi connectivity index (χ1) is 18.8. The van der Waals surface area contributed by atoms with E-state index in [4.69, 9.17) is 4.42 Å². The topological polar surface area (TPSA) is 37.2 Å². The van der Waals surface area contributed by atoms with Crippen molar-refractivity contribution in [2.45, 2.75) is 5.92 Å². The van der Waals surface area contributed by atoms with E-state index in [2.05, 4.69) is 120 Å². The van der Waals surface area contributed by atoms with Crippen LogP contribution in [0, 0.1) is 0 Å². The molecule has 1 aliphatic rings. The lowest BCUT2D eigenvalue weighted by atomic mass is 9.88. The number of nitrogens with one attached hydrogen (secondary N) is 2. The van der Waals surface area contributed by atoms with Crippen molar-refractivity contribution in [3.63, 3.8) is 0 Å². The van der Waals surface area contributed by atoms with Crippen LogP contribution in [0.1, 0.15) is 11.5 Å². The van der Waals surface area contributed by atoms with E-state index in [1.165, 1.54) is 43.6 Å². The molecule has 1 aromatic heterocycles. The minimum atomic E-state index is 0.509. The van der Waals surface area contributed by atoms with Crippen LogP contribution in [0.25, 0.3) is 54.6 Å². The number of fused-ring (bicyclic) bond motifs is 6. The highest BCUT2D eigenvalue weighted by Gasteiger charge is 2.23. The summed E-state index contributed by atoms with van der Waals surface area (Å²) in [6.45, 7) is 2.02. The summed E-state index contributed by atoms with van der Waals surface area (Å²) in [5.41, 5.74) is 7.91. The molecule has 8 rings (SSSR count). The molecule has 3 nitrogen and oxygen atoms in total. The van der Waals surface area contributed by atoms with Gasteiger partial charge in [0.15, 0.2) is 0 Å². The summed E-state index contributed by atoms with van der Waals surface area (Å²) < 4.78 is 6.41. The lowest BCUT2D eigenvalue weighted by molar-refractivity contribution is 0.451. The van der Waals surface area contributed by atoms with E-state index < -0.39 is 0 Å². The number of rotatable bonds is 4. The molecule has 38 heavy (non-hydrogen) atoms. The zero-order chi connectivity index (χ0) is 25.1. The summed E-state index contributed by atoms with van der Waals surface area (Å²) in [6, 6.07) is 41.2. The Labute approximate surface area is 220 Å². The highest BCUT2D eigenvalue weighted by Crippen LogP contribution is 2.40. The van der Waals surface area contributed by atoms with E-state index in [9.17, 15) is 0 Å². The Balaban J connectivity index is 1.22. The predicted octanol–water partition coefficient (Wildman–Crippen LogP) is 8.99. The highest BCUT2D eigenvalue weighted by atomic mass is 16.3. The smallest absolute Gasteiger partial charge is 0.143 e. The van der Waals surface area contributed by atoms with Crippen molar-refractivity contribution >= 4 is 54.9 Å². The molecule has 0 atom stereocenters. The summed E-state index contributed by atoms with van der Waals surface area (Å²) in [4.78, 5) is 0. The monoisotopic (exact) mass is 490 g/mol. The van der Waals surface area contributed by atoms with Gasteiger partial charge in [-0.1, -0.05) is 78.9 Å². The van der Waals surface area contributed by atoms with Crippen LogP contribution in [-0.2, 0) is 0 Å². The summed E-state index contributed by atoms with van der Waals surface area (Å²) in [7, 11) is 0. The number of para-hydroxylation sites is 1. The van der Waals surface area contributed by atoms with Crippen molar-refractivity contribution in [2.75, 3.05) is 18.4 Å². The van der Waals surface area contributed by atoms with Crippen LogP contribution in [-0.4, -0.2) is 13.1 Å². The quantitative estimate of drug-likeness (QED) is 0.258. The van der Waals surface area contributed by atoms with E-state index in [-0.39, 0.29) is 0 Å². The predicted molar refractivity (Wildman–Crippen MR) is 160 cm³/mol. The molecule has 0 bridgehead atoms. The van der Waals surface area contributed by atoms with E-state index in [1.807, 2.05) is 6.07 Å². The molecule has 0 unspecified atom stereocenters. The molecule has 0 saturated carbocycles. The standard InChI is InChI=1S/C35H26N2O/c1-2-8-27-22(6-1)7-5-10-28(27)23-12-14-25(15-13-23)37-26-18-32(24-20-36-21-24)29-16-17-31-30-9-3-4-11-34(30)38-35(31)33(29)19-26/h1-19,24,36-37H,20-21H2. The van der Waals surface area contributed by atoms with Crippen LogP contribution in [0.15, 0.2) is 120 Å². The second-order valence-electron chi connectivity index (χ2n) is 10.3. The molecule has 0 amide bonds. The molecule has 1 fully saturated rings. The fourth-order valence-electron chi connectivity index (χ4n) is 5.94. The van der Waals surface area contributed by atoms with Gasteiger partial charge >= 0.3 is 0 Å². The minimum absolute atomic E-state index is 0.509. The first-order valence-corrected chi connectivity index (χ1v) is 13.3. The fourth-order valence-corrected chi connectivity index (χ4v) is 5.94. The maximum atomic E-state index is 6.41. The van der Waals surface area contributed by atoms with E-state index in [1.54, 1.807) is 0 Å². The van der Waals surface area contributed by atoms with Crippen LogP contribution < -0.4 is 10.6 Å². The van der Waals surface area contributed by atoms with Crippen LogP contribution in [0.5, 0.6) is 0 Å². The molecule has 2 heterocycles. The second-order valence-corrected chi connectivity index (χ2v) is 10.3. The summed E-state index contributed by atoms with van der Waals surface area (Å²) in [5.74, 6) is 0.509. The zero-order valence-corrected chi connectivity index (χ0v) is 20.9. The molecule has 2 N–H and O–H groups in total. The Hall–Kier alpha value is -4.60. The Bertz CT molecular complexity index is 1970. The zero-order valence-electron chi connectivity index (χ0n) is 20.9. The van der Waals surface area contributed by atoms with Crippen molar-refractivity contribution in [1.29, 1.82) is 0 Å². The lowest BCUT2D eigenvalue weighted by Crippen LogP contribution is -2.39. The molecule has 6 aromatic carbocycles. The summed E-state index contributed by atoms with van der Waals surface area (Å²) in [6.07, 6.45) is 0. The average Bonchev–Trinajstić information content (AvgIpc) is 3.32. The van der Waals surface area contributed by atoms with Crippen LogP contribution in [0.3, 0.4) is 0 Å². The van der Waals surface area contributed by atoms with Gasteiger partial charge in [-0.2, -0.15) is 0 Å². The van der Waals surface area contributed by atoms with Gasteiger partial charge in [0.2, 0.25) is 0 Å². The van der Waals surface area contributed by atoms with Gasteiger partial charge in [-0.05, 0) is 69.2 Å². The van der Waals surface area contributed by atoms with Gasteiger partial charge in [0.25, 0.3) is 0 Å². The molecule has 182 valence electrons. The first-order valence-electron chi connectivity index (χ1n) is 13.3. The van der Waals surface area contributed by atoms with Gasteiger partial charge < -0.3 is 15.1 Å². The Kier molecular flexibility index (Phi) is 4.79. The third kappa shape index (κ3) is 3.40. The molecule has 3 heteroatoms. The van der Waals surface area contributed by atoms with Gasteiger partial charge in [0.1, 0.15) is 11.2 Å². The van der Waals surface area contributed by atoms with Gasteiger partial charge in [-0.3, -0.25) is 0 Å². The Morgan fingerprint density at radius 1 is 0.605 bits per heavy atom. The number of furan rings is 1. The molecule has 7 aromatic rings. The number of hydrogen-bond acceptors (Lipinski definition) is 3. The second kappa shape index (κ2) is 8.47. The van der Waals surface area contributed by atoms with E-state index in [0.717, 1.165) is 41.0 Å². The normalized spacial score (nSPS) is 13.9. The molecule has 1 saturated heterocycles. The van der Waals surface area contributed by atoms with Gasteiger partial charge in [-0.15, -0.1) is 0 Å². The third-order valence-corrected chi connectivity index (χ3v) is 8.00. The number of hydrogen-bond donors (Lipinski definition) is 2. The molecule has 0 radical (unpaired) electrons. The fraction of sp³-hybridized carbons (Fsp3) is 0.0857. The highest BCUT2D eigenvalue weighted by molar-refractivity contribution is 6.16. The lowest BCUT2D eigenvalue weighted by Gasteiger charge is -2.29. The van der Waals surface area contributed by atoms with Crippen molar-refractivity contribution in [2.24, 2.45) is 0 Å². The summed E-state index contributed by atoms with van der Waals surface area (Å²) >= 11 is 0. The van der Waals surface area contributed by atoms with Crippen molar-refractivity contribution in [1.82, 2.24) is 5.32 Å². The Morgan fingerprint density at radius 3 is 2.21 bits per heavy atom. The van der Waals surface area contributed by atoms with Gasteiger partial charge in [0.05, 0.1) is 0 Å². The average molecular weight is 491 g/mol. The minimum Gasteiger partial charge on any atom is -0.455 e. The van der Waals surface area contributed by atoms with Gasteiger partial charge in [-0.25, -0.2) is 0 Å². The number of benzene rings is 6. The molecule has 0 aliphatic carbocycles. The first kappa shape index (κ1) is 21.5. The number of anilines is 2. The van der Waals surface area contributed by atoms with E-state index >= 15 is 0 Å². The molecular formula is C35H26N2O. The molecule has 0 spiro atoms. The maximum Gasteiger partial charge on any atom is 0.143 e.